The summed E-state index contributed by atoms with van der Waals surface area (Å²) in [5.41, 5.74) is 1.53. The fraction of sp³-hybridized carbons (Fsp3) is 0.200. The van der Waals surface area contributed by atoms with Crippen LogP contribution in [0.2, 0.25) is 0 Å². The van der Waals surface area contributed by atoms with E-state index < -0.39 is 6.10 Å². The molecule has 2 rings (SSSR count). The molecule has 2 N–H and O–H groups in total. The van der Waals surface area contributed by atoms with Crippen LogP contribution < -0.4 is 10.1 Å². The van der Waals surface area contributed by atoms with Crippen LogP contribution in [0, 0.1) is 5.82 Å². The van der Waals surface area contributed by atoms with Gasteiger partial charge in [0.05, 0.1) is 17.7 Å². The highest BCUT2D eigenvalue weighted by atomic mass is 79.9. The fourth-order valence-electron chi connectivity index (χ4n) is 1.76. The minimum atomic E-state index is -0.648. The summed E-state index contributed by atoms with van der Waals surface area (Å²) in [5.74, 6) is 0.433. The Labute approximate surface area is 125 Å². The summed E-state index contributed by atoms with van der Waals surface area (Å²) in [6, 6.07) is 11.8. The normalized spacial score (nSPS) is 12.0. The molecule has 0 aliphatic heterocycles. The Bertz CT molecular complexity index is 575. The second-order valence-corrected chi connectivity index (χ2v) is 5.15. The Morgan fingerprint density at radius 1 is 1.25 bits per heavy atom. The minimum absolute atomic E-state index is 0.314. The van der Waals surface area contributed by atoms with Gasteiger partial charge in [0.25, 0.3) is 0 Å². The number of rotatable bonds is 5. The highest BCUT2D eigenvalue weighted by Gasteiger charge is 2.08. The van der Waals surface area contributed by atoms with E-state index in [0.29, 0.717) is 11.0 Å². The van der Waals surface area contributed by atoms with Gasteiger partial charge in [-0.3, -0.25) is 0 Å². The second-order valence-electron chi connectivity index (χ2n) is 4.30. The zero-order valence-corrected chi connectivity index (χ0v) is 12.5. The van der Waals surface area contributed by atoms with Crippen molar-refractivity contribution in [1.82, 2.24) is 0 Å². The van der Waals surface area contributed by atoms with Gasteiger partial charge in [0, 0.05) is 12.2 Å². The van der Waals surface area contributed by atoms with E-state index in [1.807, 2.05) is 12.1 Å². The van der Waals surface area contributed by atoms with Crippen LogP contribution in [0.1, 0.15) is 11.7 Å². The molecule has 0 fully saturated rings. The third-order valence-electron chi connectivity index (χ3n) is 2.92. The topological polar surface area (TPSA) is 41.5 Å². The van der Waals surface area contributed by atoms with E-state index >= 15 is 0 Å². The lowest BCUT2D eigenvalue weighted by Crippen LogP contribution is -2.12. The van der Waals surface area contributed by atoms with Gasteiger partial charge in [-0.15, -0.1) is 0 Å². The molecule has 2 aromatic carbocycles. The zero-order valence-electron chi connectivity index (χ0n) is 10.9. The summed E-state index contributed by atoms with van der Waals surface area (Å²) in [7, 11) is 1.60. The molecule has 1 atom stereocenters. The van der Waals surface area contributed by atoms with Crippen LogP contribution in [-0.4, -0.2) is 18.8 Å². The molecule has 0 saturated carbocycles. The Kier molecular flexibility index (Phi) is 4.98. The van der Waals surface area contributed by atoms with E-state index in [9.17, 15) is 9.50 Å². The number of benzene rings is 2. The molecule has 2 aromatic rings. The lowest BCUT2D eigenvalue weighted by Gasteiger charge is -2.14. The van der Waals surface area contributed by atoms with Gasteiger partial charge in [0.15, 0.2) is 0 Å². The van der Waals surface area contributed by atoms with Crippen LogP contribution in [0.15, 0.2) is 46.9 Å². The quantitative estimate of drug-likeness (QED) is 0.871. The van der Waals surface area contributed by atoms with Crippen molar-refractivity contribution in [3.05, 3.63) is 58.3 Å². The number of aliphatic hydroxyl groups is 1. The number of anilines is 1. The number of hydrogen-bond donors (Lipinski definition) is 2. The van der Waals surface area contributed by atoms with Crippen LogP contribution >= 0.6 is 15.9 Å². The smallest absolute Gasteiger partial charge is 0.137 e. The second kappa shape index (κ2) is 6.72. The van der Waals surface area contributed by atoms with E-state index in [-0.39, 0.29) is 5.82 Å². The molecular formula is C15H15BrFNO2. The molecule has 0 saturated heterocycles. The summed E-state index contributed by atoms with van der Waals surface area (Å²) in [4.78, 5) is 0. The maximum Gasteiger partial charge on any atom is 0.137 e. The Balaban J connectivity index is 1.96. The summed E-state index contributed by atoms with van der Waals surface area (Å²) >= 11 is 3.12. The highest BCUT2D eigenvalue weighted by molar-refractivity contribution is 9.10. The number of halogens is 2. The molecular weight excluding hydrogens is 325 g/mol. The van der Waals surface area contributed by atoms with Gasteiger partial charge in [-0.1, -0.05) is 12.1 Å². The van der Waals surface area contributed by atoms with Gasteiger partial charge in [0.2, 0.25) is 0 Å². The molecule has 0 aliphatic rings. The maximum atomic E-state index is 13.1. The van der Waals surface area contributed by atoms with Gasteiger partial charge in [-0.25, -0.2) is 4.39 Å². The van der Waals surface area contributed by atoms with Crippen molar-refractivity contribution in [2.75, 3.05) is 19.0 Å². The average Bonchev–Trinajstić information content (AvgIpc) is 2.48. The Morgan fingerprint density at radius 3 is 2.55 bits per heavy atom. The van der Waals surface area contributed by atoms with Crippen molar-refractivity contribution >= 4 is 21.6 Å². The predicted octanol–water partition coefficient (Wildman–Crippen LogP) is 3.74. The first-order chi connectivity index (χ1) is 9.60. The third kappa shape index (κ3) is 3.71. The van der Waals surface area contributed by atoms with Crippen LogP contribution in [0.5, 0.6) is 5.75 Å². The van der Waals surface area contributed by atoms with E-state index in [2.05, 4.69) is 21.2 Å². The van der Waals surface area contributed by atoms with Crippen molar-refractivity contribution in [1.29, 1.82) is 0 Å². The lowest BCUT2D eigenvalue weighted by atomic mass is 10.1. The van der Waals surface area contributed by atoms with Gasteiger partial charge in [-0.05, 0) is 51.8 Å². The van der Waals surface area contributed by atoms with Gasteiger partial charge in [0.1, 0.15) is 11.6 Å². The van der Waals surface area contributed by atoms with Gasteiger partial charge in [-0.2, -0.15) is 0 Å². The minimum Gasteiger partial charge on any atom is -0.497 e. The van der Waals surface area contributed by atoms with Crippen molar-refractivity contribution in [3.8, 4) is 5.75 Å². The summed E-state index contributed by atoms with van der Waals surface area (Å²) in [6.45, 7) is 0.338. The van der Waals surface area contributed by atoms with Crippen molar-refractivity contribution in [2.24, 2.45) is 0 Å². The first-order valence-electron chi connectivity index (χ1n) is 6.11. The molecule has 0 heterocycles. The number of ether oxygens (including phenoxy) is 1. The van der Waals surface area contributed by atoms with E-state index in [0.717, 1.165) is 17.0 Å². The SMILES string of the molecule is COc1ccc(C(O)CNc2ccc(F)c(Br)c2)cc1. The first-order valence-corrected chi connectivity index (χ1v) is 6.90. The fourth-order valence-corrected chi connectivity index (χ4v) is 2.14. The maximum absolute atomic E-state index is 13.1. The highest BCUT2D eigenvalue weighted by Crippen LogP contribution is 2.22. The molecule has 3 nitrogen and oxygen atoms in total. The molecule has 0 amide bonds. The van der Waals surface area contributed by atoms with E-state index in [1.54, 1.807) is 31.4 Å². The number of aliphatic hydroxyl groups excluding tert-OH is 1. The van der Waals surface area contributed by atoms with E-state index in [4.69, 9.17) is 4.74 Å². The van der Waals surface area contributed by atoms with Crippen LogP contribution in [-0.2, 0) is 0 Å². The molecule has 0 radical (unpaired) electrons. The van der Waals surface area contributed by atoms with Crippen molar-refractivity contribution in [2.45, 2.75) is 6.10 Å². The number of hydrogen-bond acceptors (Lipinski definition) is 3. The van der Waals surface area contributed by atoms with Crippen molar-refractivity contribution < 1.29 is 14.2 Å². The lowest BCUT2D eigenvalue weighted by molar-refractivity contribution is 0.191. The van der Waals surface area contributed by atoms with Gasteiger partial charge < -0.3 is 15.2 Å². The standard InChI is InChI=1S/C15H15BrFNO2/c1-20-12-5-2-10(3-6-12)15(19)9-18-11-4-7-14(17)13(16)8-11/h2-8,15,18-19H,9H2,1H3. The molecule has 106 valence electrons. The monoisotopic (exact) mass is 339 g/mol. The molecule has 0 bridgehead atoms. The zero-order chi connectivity index (χ0) is 14.5. The van der Waals surface area contributed by atoms with Gasteiger partial charge >= 0.3 is 0 Å². The predicted molar refractivity (Wildman–Crippen MR) is 80.5 cm³/mol. The van der Waals surface area contributed by atoms with Crippen LogP contribution in [0.25, 0.3) is 0 Å². The van der Waals surface area contributed by atoms with Crippen molar-refractivity contribution in [3.63, 3.8) is 0 Å². The number of nitrogens with one attached hydrogen (secondary N) is 1. The molecule has 5 heteroatoms. The average molecular weight is 340 g/mol. The van der Waals surface area contributed by atoms with Crippen LogP contribution in [0.4, 0.5) is 10.1 Å². The van der Waals surface area contributed by atoms with E-state index in [1.165, 1.54) is 6.07 Å². The largest absolute Gasteiger partial charge is 0.497 e. The molecule has 0 spiro atoms. The summed E-state index contributed by atoms with van der Waals surface area (Å²) in [5, 5.41) is 13.1. The molecule has 0 aliphatic carbocycles. The Hall–Kier alpha value is -1.59. The third-order valence-corrected chi connectivity index (χ3v) is 3.53. The summed E-state index contributed by atoms with van der Waals surface area (Å²) < 4.78 is 18.6. The summed E-state index contributed by atoms with van der Waals surface area (Å²) in [6.07, 6.45) is -0.648. The first kappa shape index (κ1) is 14.8. The van der Waals surface area contributed by atoms with Crippen LogP contribution in [0.3, 0.4) is 0 Å². The molecule has 0 aromatic heterocycles. The Morgan fingerprint density at radius 2 is 1.95 bits per heavy atom. The molecule has 1 unspecified atom stereocenters. The number of methoxy groups -OCH3 is 1. The molecule has 20 heavy (non-hydrogen) atoms.